The zero-order chi connectivity index (χ0) is 59.6. The highest BCUT2D eigenvalue weighted by Crippen LogP contribution is 2.38. The highest BCUT2D eigenvalue weighted by atomic mass is 35.5. The number of ether oxygens (including phenoxy) is 2. The van der Waals surface area contributed by atoms with E-state index in [9.17, 15) is 10.5 Å². The number of fused-ring (bicyclic) bond motifs is 3. The summed E-state index contributed by atoms with van der Waals surface area (Å²) in [5, 5.41) is 28.2. The first kappa shape index (κ1) is 57.3. The van der Waals surface area contributed by atoms with Crippen molar-refractivity contribution in [3.05, 3.63) is 249 Å². The van der Waals surface area contributed by atoms with Gasteiger partial charge in [0.2, 0.25) is 0 Å². The smallest absolute Gasteiger partial charge is 0.328 e. The van der Waals surface area contributed by atoms with E-state index in [1.807, 2.05) is 121 Å². The van der Waals surface area contributed by atoms with Crippen LogP contribution >= 0.6 is 46.4 Å². The zero-order valence-electron chi connectivity index (χ0n) is 47.3. The Kier molecular flexibility index (Phi) is 16.5. The predicted octanol–water partition coefficient (Wildman–Crippen LogP) is 13.1. The van der Waals surface area contributed by atoms with Gasteiger partial charge in [0.25, 0.3) is 0 Å². The fourth-order valence-corrected chi connectivity index (χ4v) is 11.8. The van der Waals surface area contributed by atoms with Gasteiger partial charge in [-0.2, -0.15) is 10.5 Å². The molecule has 0 unspecified atom stereocenters. The number of hydrogen-bond acceptors (Lipinski definition) is 8. The molecule has 16 heteroatoms. The van der Waals surface area contributed by atoms with Gasteiger partial charge in [0.1, 0.15) is 46.2 Å². The summed E-state index contributed by atoms with van der Waals surface area (Å²) in [4.78, 5) is 20.3. The molecular formula is C70H52B2Cl4N8O2. The van der Waals surface area contributed by atoms with Crippen LogP contribution in [-0.2, 0) is 0 Å². The van der Waals surface area contributed by atoms with Crippen LogP contribution in [0, 0.1) is 34.5 Å². The van der Waals surface area contributed by atoms with E-state index >= 15 is 0 Å². The van der Waals surface area contributed by atoms with E-state index in [1.165, 1.54) is 0 Å². The molecule has 4 aromatic heterocycles. The molecule has 418 valence electrons. The van der Waals surface area contributed by atoms with Gasteiger partial charge in [0.05, 0.1) is 78.5 Å². The van der Waals surface area contributed by atoms with Crippen molar-refractivity contribution in [2.24, 2.45) is 11.8 Å². The molecule has 0 N–H and O–H groups in total. The summed E-state index contributed by atoms with van der Waals surface area (Å²) in [5.74, 6) is 1.88. The Morgan fingerprint density at radius 2 is 0.744 bits per heavy atom. The van der Waals surface area contributed by atoms with E-state index in [0.29, 0.717) is 89.7 Å². The average molecular weight is 1200 g/mol. The second-order valence-electron chi connectivity index (χ2n) is 21.8. The standard InChI is InChI=1S/C70H52B2Cl4N8O2/c1-43(2)41-85-51-29-25-45(26-30-51)67-65-66(70(54(38-78)64-40-80-60-34-56(74)58(76)36-62(60)82-64)83(67)71(47-17-9-5-10-18-47)48-19-11-6-12-20-48)68(46-27-31-52(32-28-46)86-42-44(3)4)84(72(49-21-13-7-14-22-49)50-23-15-8-16-24-50)69(65)53(37-77)63-39-79-59-33-55(73)57(75)35-61(59)81-63/h5-36,39-40,43-44H,41-42H2,1-4H3/b69-53-,70-54-. The van der Waals surface area contributed by atoms with Gasteiger partial charge in [-0.05, 0) is 95.8 Å². The first-order valence-electron chi connectivity index (χ1n) is 28.2. The Morgan fingerprint density at radius 1 is 0.442 bits per heavy atom. The average Bonchev–Trinajstić information content (AvgIpc) is 1.67. The molecule has 8 aromatic carbocycles. The predicted molar refractivity (Wildman–Crippen MR) is 353 cm³/mol. The van der Waals surface area contributed by atoms with Crippen molar-refractivity contribution in [3.63, 3.8) is 0 Å². The lowest BCUT2D eigenvalue weighted by Gasteiger charge is -2.24. The summed E-state index contributed by atoms with van der Waals surface area (Å²) in [6.07, 6.45) is 3.22. The minimum Gasteiger partial charge on any atom is -0.493 e. The molecule has 86 heavy (non-hydrogen) atoms. The molecule has 4 heterocycles. The largest absolute Gasteiger partial charge is 0.493 e. The molecule has 10 nitrogen and oxygen atoms in total. The molecule has 0 saturated carbocycles. The van der Waals surface area contributed by atoms with Gasteiger partial charge in [0.15, 0.2) is 0 Å². The summed E-state index contributed by atoms with van der Waals surface area (Å²) in [7, 11) is 0. The molecule has 0 fully saturated rings. The minimum atomic E-state index is -0.644. The van der Waals surface area contributed by atoms with Gasteiger partial charge in [-0.3, -0.25) is 9.97 Å². The van der Waals surface area contributed by atoms with E-state index in [4.69, 9.17) is 75.8 Å². The molecule has 0 atom stereocenters. The van der Waals surface area contributed by atoms with Gasteiger partial charge in [0, 0.05) is 22.2 Å². The van der Waals surface area contributed by atoms with Crippen molar-refractivity contribution in [1.82, 2.24) is 28.9 Å². The van der Waals surface area contributed by atoms with Gasteiger partial charge < -0.3 is 18.4 Å². The minimum absolute atomic E-state index is 0.184. The summed E-state index contributed by atoms with van der Waals surface area (Å²) >= 11 is 26.7. The second-order valence-corrected chi connectivity index (χ2v) is 23.4. The summed E-state index contributed by atoms with van der Waals surface area (Å²) in [6, 6.07) is 69.1. The molecule has 12 aromatic rings. The van der Waals surface area contributed by atoms with Crippen LogP contribution < -0.4 is 42.0 Å². The Balaban J connectivity index is 1.42. The maximum atomic E-state index is 12.4. The van der Waals surface area contributed by atoms with E-state index in [2.05, 4.69) is 97.3 Å². The molecule has 0 saturated heterocycles. The van der Waals surface area contributed by atoms with E-state index in [1.54, 1.807) is 36.7 Å². The Bertz CT molecular complexity index is 4350. The van der Waals surface area contributed by atoms with Gasteiger partial charge >= 0.3 is 13.7 Å². The number of aromatic nitrogens is 6. The Morgan fingerprint density at radius 3 is 1.03 bits per heavy atom. The van der Waals surface area contributed by atoms with Crippen LogP contribution in [0.25, 0.3) is 66.5 Å². The van der Waals surface area contributed by atoms with E-state index in [-0.39, 0.29) is 44.4 Å². The van der Waals surface area contributed by atoms with Gasteiger partial charge in [-0.25, -0.2) is 9.97 Å². The topological polar surface area (TPSA) is 127 Å². The zero-order valence-corrected chi connectivity index (χ0v) is 50.3. The first-order chi connectivity index (χ1) is 41.9. The molecule has 0 bridgehead atoms. The van der Waals surface area contributed by atoms with E-state index in [0.717, 1.165) is 33.0 Å². The van der Waals surface area contributed by atoms with Crippen molar-refractivity contribution < 1.29 is 9.47 Å². The number of rotatable bonds is 16. The number of nitrogens with zero attached hydrogens (tertiary/aromatic N) is 8. The number of halogens is 4. The monoisotopic (exact) mass is 1200 g/mol. The molecule has 0 aliphatic carbocycles. The molecule has 0 spiro atoms. The molecular weight excluding hydrogens is 1150 g/mol. The molecule has 12 rings (SSSR count). The summed E-state index contributed by atoms with van der Waals surface area (Å²) in [6.45, 7) is 8.16. The quantitative estimate of drug-likeness (QED) is 0.0875. The SMILES string of the molecule is CC(C)COc1ccc(-c2c3/c(=C(\C#N)c4cnc5cc(Cl)c(Cl)cc5n4)n(B(c4ccccc4)c4ccccc4)c(-c4ccc(OCC(C)C)cc4)c3/c(=C(\C#N)c3cnc4cc(Cl)c(Cl)cc4n3)n2B(c2ccccc2)c2ccccc2)cc1. The maximum absolute atomic E-state index is 12.4. The van der Waals surface area contributed by atoms with Crippen molar-refractivity contribution in [2.75, 3.05) is 13.2 Å². The van der Waals surface area contributed by atoms with Crippen LogP contribution in [0.5, 0.6) is 11.5 Å². The molecule has 0 aliphatic rings. The van der Waals surface area contributed by atoms with Crippen LogP contribution in [0.15, 0.2) is 207 Å². The summed E-state index contributed by atoms with van der Waals surface area (Å²) in [5.41, 5.74) is 9.22. The van der Waals surface area contributed by atoms with Crippen molar-refractivity contribution in [3.8, 4) is 46.2 Å². The fraction of sp³-hybridized carbons (Fsp3) is 0.114. The van der Waals surface area contributed by atoms with Gasteiger partial charge in [-0.1, -0.05) is 217 Å². The normalized spacial score (nSPS) is 12.1. The lowest BCUT2D eigenvalue weighted by molar-refractivity contribution is 0.271. The lowest BCUT2D eigenvalue weighted by Crippen LogP contribution is -2.54. The van der Waals surface area contributed by atoms with Crippen molar-refractivity contribution in [1.29, 1.82) is 10.5 Å². The fourth-order valence-electron chi connectivity index (χ4n) is 11.2. The third-order valence-corrected chi connectivity index (χ3v) is 16.4. The third-order valence-electron chi connectivity index (χ3n) is 14.9. The highest BCUT2D eigenvalue weighted by molar-refractivity contribution is 6.85. The summed E-state index contributed by atoms with van der Waals surface area (Å²) < 4.78 is 17.3. The van der Waals surface area contributed by atoms with Crippen LogP contribution in [0.3, 0.4) is 0 Å². The number of hydrogen-bond donors (Lipinski definition) is 0. The number of nitriles is 2. The second kappa shape index (κ2) is 24.8. The lowest BCUT2D eigenvalue weighted by atomic mass is 9.50. The Hall–Kier alpha value is -9.13. The van der Waals surface area contributed by atoms with Gasteiger partial charge in [-0.15, -0.1) is 0 Å². The highest BCUT2D eigenvalue weighted by Gasteiger charge is 2.37. The van der Waals surface area contributed by atoms with Crippen molar-refractivity contribution >= 4 is 126 Å². The first-order valence-corrected chi connectivity index (χ1v) is 29.7. The number of benzene rings is 8. The molecule has 0 amide bonds. The van der Waals surface area contributed by atoms with Crippen molar-refractivity contribution in [2.45, 2.75) is 27.7 Å². The molecule has 0 radical (unpaired) electrons. The van der Waals surface area contributed by atoms with Crippen LogP contribution in [0.4, 0.5) is 0 Å². The Labute approximate surface area is 519 Å². The van der Waals surface area contributed by atoms with Crippen LogP contribution in [0.1, 0.15) is 39.1 Å². The van der Waals surface area contributed by atoms with Crippen LogP contribution in [-0.4, -0.2) is 55.8 Å². The molecule has 0 aliphatic heterocycles. The van der Waals surface area contributed by atoms with E-state index < -0.39 is 13.7 Å². The maximum Gasteiger partial charge on any atom is 0.328 e. The van der Waals surface area contributed by atoms with Crippen LogP contribution in [0.2, 0.25) is 20.1 Å². The third kappa shape index (κ3) is 11.2.